The normalized spacial score (nSPS) is 11.7. The Morgan fingerprint density at radius 1 is 0.739 bits per heavy atom. The second-order valence-electron chi connectivity index (χ2n) is 4.26. The van der Waals surface area contributed by atoms with Crippen LogP contribution in [0, 0.1) is 0 Å². The maximum absolute atomic E-state index is 4.43. The Kier molecular flexibility index (Phi) is 15.9. The summed E-state index contributed by atoms with van der Waals surface area (Å²) >= 11 is 3.45. The predicted octanol–water partition coefficient (Wildman–Crippen LogP) is 3.48. The molecule has 0 aromatic heterocycles. The van der Waals surface area contributed by atoms with Crippen LogP contribution >= 0.6 is 23.5 Å². The third-order valence-corrected chi connectivity index (χ3v) is 4.37. The fraction of sp³-hybridized carbons (Fsp3) is 0.412. The SMILES string of the molecule is C=CCN=C(NCC=C)SCCCSC(=NCC=C)NCC=C. The number of nitrogens with one attached hydrogen (secondary N) is 2. The second-order valence-corrected chi connectivity index (χ2v) is 6.43. The molecule has 0 bridgehead atoms. The largest absolute Gasteiger partial charge is 0.361 e. The molecule has 0 atom stereocenters. The molecule has 23 heavy (non-hydrogen) atoms. The second kappa shape index (κ2) is 17.0. The van der Waals surface area contributed by atoms with E-state index in [9.17, 15) is 0 Å². The molecule has 0 aliphatic carbocycles. The van der Waals surface area contributed by atoms with E-state index in [1.807, 2.05) is 12.2 Å². The molecule has 0 heterocycles. The van der Waals surface area contributed by atoms with E-state index in [-0.39, 0.29) is 0 Å². The highest BCUT2D eigenvalue weighted by Gasteiger charge is 2.01. The molecule has 0 saturated heterocycles. The smallest absolute Gasteiger partial charge is 0.157 e. The summed E-state index contributed by atoms with van der Waals surface area (Å²) in [5.41, 5.74) is 0. The Balaban J connectivity index is 4.08. The molecular weight excluding hydrogens is 324 g/mol. The zero-order valence-electron chi connectivity index (χ0n) is 13.8. The molecule has 128 valence electrons. The highest BCUT2D eigenvalue weighted by atomic mass is 32.2. The fourth-order valence-electron chi connectivity index (χ4n) is 1.32. The van der Waals surface area contributed by atoms with Crippen molar-refractivity contribution in [3.05, 3.63) is 50.6 Å². The summed E-state index contributed by atoms with van der Waals surface area (Å²) in [6.45, 7) is 17.5. The first kappa shape index (κ1) is 21.6. The average Bonchev–Trinajstić information content (AvgIpc) is 2.57. The van der Waals surface area contributed by atoms with Crippen LogP contribution in [0.2, 0.25) is 0 Å². The van der Waals surface area contributed by atoms with Crippen LogP contribution in [0.5, 0.6) is 0 Å². The van der Waals surface area contributed by atoms with E-state index in [4.69, 9.17) is 0 Å². The minimum absolute atomic E-state index is 0.630. The first-order valence-corrected chi connectivity index (χ1v) is 9.51. The van der Waals surface area contributed by atoms with E-state index < -0.39 is 0 Å². The highest BCUT2D eigenvalue weighted by molar-refractivity contribution is 8.14. The van der Waals surface area contributed by atoms with Gasteiger partial charge in [0.1, 0.15) is 0 Å². The van der Waals surface area contributed by atoms with Gasteiger partial charge in [0.25, 0.3) is 0 Å². The van der Waals surface area contributed by atoms with Crippen molar-refractivity contribution >= 4 is 33.9 Å². The van der Waals surface area contributed by atoms with Crippen LogP contribution in [0.1, 0.15) is 6.42 Å². The molecule has 0 aromatic rings. The van der Waals surface area contributed by atoms with Crippen LogP contribution in [-0.2, 0) is 0 Å². The number of aliphatic imine (C=N–C) groups is 2. The number of hydrogen-bond acceptors (Lipinski definition) is 4. The number of nitrogens with zero attached hydrogens (tertiary/aromatic N) is 2. The number of rotatable bonds is 12. The lowest BCUT2D eigenvalue weighted by molar-refractivity contribution is 1.04. The number of thioether (sulfide) groups is 2. The van der Waals surface area contributed by atoms with Crippen molar-refractivity contribution in [2.24, 2.45) is 9.98 Å². The molecule has 0 aliphatic rings. The van der Waals surface area contributed by atoms with Gasteiger partial charge in [0.15, 0.2) is 10.3 Å². The number of amidine groups is 2. The molecule has 0 aromatic carbocycles. The minimum Gasteiger partial charge on any atom is -0.361 e. The fourth-order valence-corrected chi connectivity index (χ4v) is 3.16. The molecule has 4 nitrogen and oxygen atoms in total. The summed E-state index contributed by atoms with van der Waals surface area (Å²) < 4.78 is 0. The zero-order chi connectivity index (χ0) is 17.2. The van der Waals surface area contributed by atoms with Gasteiger partial charge in [-0.25, -0.2) is 0 Å². The van der Waals surface area contributed by atoms with Crippen LogP contribution < -0.4 is 10.6 Å². The third-order valence-electron chi connectivity index (χ3n) is 2.29. The van der Waals surface area contributed by atoms with Crippen LogP contribution in [0.4, 0.5) is 0 Å². The van der Waals surface area contributed by atoms with E-state index in [2.05, 4.69) is 46.9 Å². The van der Waals surface area contributed by atoms with Gasteiger partial charge in [-0.1, -0.05) is 47.8 Å². The molecule has 2 N–H and O–H groups in total. The van der Waals surface area contributed by atoms with E-state index in [1.165, 1.54) is 0 Å². The monoisotopic (exact) mass is 352 g/mol. The third kappa shape index (κ3) is 14.0. The summed E-state index contributed by atoms with van der Waals surface area (Å²) in [4.78, 5) is 8.86. The molecule has 0 fully saturated rings. The van der Waals surface area contributed by atoms with Crippen molar-refractivity contribution in [1.29, 1.82) is 0 Å². The quantitative estimate of drug-likeness (QED) is 0.244. The minimum atomic E-state index is 0.630. The summed E-state index contributed by atoms with van der Waals surface area (Å²) in [7, 11) is 0. The van der Waals surface area contributed by atoms with Gasteiger partial charge in [-0.05, 0) is 6.42 Å². The predicted molar refractivity (Wildman–Crippen MR) is 111 cm³/mol. The van der Waals surface area contributed by atoms with Crippen molar-refractivity contribution in [2.75, 3.05) is 37.7 Å². The van der Waals surface area contributed by atoms with E-state index >= 15 is 0 Å². The zero-order valence-corrected chi connectivity index (χ0v) is 15.4. The van der Waals surface area contributed by atoms with Crippen LogP contribution in [0.15, 0.2) is 60.6 Å². The lowest BCUT2D eigenvalue weighted by atomic mass is 10.6. The summed E-state index contributed by atoms with van der Waals surface area (Å²) in [5.74, 6) is 2.01. The van der Waals surface area contributed by atoms with E-state index in [1.54, 1.807) is 35.7 Å². The summed E-state index contributed by atoms with van der Waals surface area (Å²) in [5, 5.41) is 8.37. The standard InChI is InChI=1S/C17H28N4S2/c1-5-10-18-16(19-11-6-2)22-14-9-15-23-17(20-12-7-3)21-13-8-4/h5-8H,1-4,9-15H2,(H,18,19)(H,20,21). The Morgan fingerprint density at radius 3 is 1.52 bits per heavy atom. The van der Waals surface area contributed by atoms with Crippen molar-refractivity contribution in [1.82, 2.24) is 10.6 Å². The van der Waals surface area contributed by atoms with Crippen molar-refractivity contribution < 1.29 is 0 Å². The Labute approximate surface area is 149 Å². The summed E-state index contributed by atoms with van der Waals surface area (Å²) in [6, 6.07) is 0. The topological polar surface area (TPSA) is 48.8 Å². The first-order valence-electron chi connectivity index (χ1n) is 7.54. The van der Waals surface area contributed by atoms with E-state index in [0.717, 1.165) is 41.4 Å². The van der Waals surface area contributed by atoms with Gasteiger partial charge in [-0.15, -0.1) is 26.3 Å². The van der Waals surface area contributed by atoms with Crippen molar-refractivity contribution in [3.8, 4) is 0 Å². The van der Waals surface area contributed by atoms with Gasteiger partial charge >= 0.3 is 0 Å². The molecular formula is C17H28N4S2. The van der Waals surface area contributed by atoms with Gasteiger partial charge < -0.3 is 10.6 Å². The van der Waals surface area contributed by atoms with Crippen LogP contribution in [0.3, 0.4) is 0 Å². The lowest BCUT2D eigenvalue weighted by Gasteiger charge is -2.09. The van der Waals surface area contributed by atoms with Gasteiger partial charge in [-0.3, -0.25) is 9.98 Å². The lowest BCUT2D eigenvalue weighted by Crippen LogP contribution is -2.22. The van der Waals surface area contributed by atoms with Crippen molar-refractivity contribution in [3.63, 3.8) is 0 Å². The average molecular weight is 353 g/mol. The Hall–Kier alpha value is -1.40. The maximum atomic E-state index is 4.43. The Bertz CT molecular complexity index is 379. The van der Waals surface area contributed by atoms with Gasteiger partial charge in [0, 0.05) is 24.6 Å². The maximum Gasteiger partial charge on any atom is 0.157 e. The molecule has 0 saturated carbocycles. The Morgan fingerprint density at radius 2 is 1.17 bits per heavy atom. The number of hydrogen-bond donors (Lipinski definition) is 2. The molecule has 0 aliphatic heterocycles. The first-order chi connectivity index (χ1) is 11.3. The molecule has 0 amide bonds. The molecule has 6 heteroatoms. The van der Waals surface area contributed by atoms with Gasteiger partial charge in [0.2, 0.25) is 0 Å². The van der Waals surface area contributed by atoms with E-state index in [0.29, 0.717) is 13.1 Å². The van der Waals surface area contributed by atoms with Gasteiger partial charge in [0.05, 0.1) is 13.1 Å². The van der Waals surface area contributed by atoms with Gasteiger partial charge in [-0.2, -0.15) is 0 Å². The molecule has 0 rings (SSSR count). The molecule has 0 spiro atoms. The highest BCUT2D eigenvalue weighted by Crippen LogP contribution is 2.10. The van der Waals surface area contributed by atoms with Crippen molar-refractivity contribution in [2.45, 2.75) is 6.42 Å². The summed E-state index contributed by atoms with van der Waals surface area (Å²) in [6.07, 6.45) is 8.31. The van der Waals surface area contributed by atoms with Crippen LogP contribution in [-0.4, -0.2) is 48.0 Å². The van der Waals surface area contributed by atoms with Crippen LogP contribution in [0.25, 0.3) is 0 Å². The molecule has 0 unspecified atom stereocenters. The molecule has 0 radical (unpaired) electrons.